The van der Waals surface area contributed by atoms with E-state index in [1.807, 2.05) is 27.7 Å². The van der Waals surface area contributed by atoms with Crippen molar-refractivity contribution in [1.82, 2.24) is 0 Å². The third-order valence-electron chi connectivity index (χ3n) is 5.35. The van der Waals surface area contributed by atoms with Crippen molar-refractivity contribution >= 4 is 54.7 Å². The van der Waals surface area contributed by atoms with Crippen molar-refractivity contribution in [1.29, 1.82) is 0 Å². The number of hydrogen-bond donors (Lipinski definition) is 3. The largest absolute Gasteiger partial charge is 0.508 e. The van der Waals surface area contributed by atoms with Crippen LogP contribution in [0.1, 0.15) is 38.8 Å². The summed E-state index contributed by atoms with van der Waals surface area (Å²) in [6, 6.07) is 11.8. The summed E-state index contributed by atoms with van der Waals surface area (Å²) >= 11 is 0. The lowest BCUT2D eigenvalue weighted by atomic mass is 10.1. The van der Waals surface area contributed by atoms with Crippen molar-refractivity contribution in [2.24, 2.45) is 23.3 Å². The normalized spacial score (nSPS) is 13.1. The van der Waals surface area contributed by atoms with Crippen molar-refractivity contribution in [3.8, 4) is 11.5 Å². The monoisotopic (exact) mass is 578 g/mol. The molecule has 2 unspecified atom stereocenters. The van der Waals surface area contributed by atoms with Gasteiger partial charge in [0.05, 0.1) is 0 Å². The van der Waals surface area contributed by atoms with Crippen LogP contribution < -0.4 is 20.9 Å². The number of esters is 2. The molecule has 0 heterocycles. The second-order valence-corrected chi connectivity index (χ2v) is 9.16. The van der Waals surface area contributed by atoms with Crippen LogP contribution in [0, 0.1) is 11.8 Å². The number of hydrogen-bond acceptors (Lipinski definition) is 8. The molecule has 5 N–H and O–H groups in total. The van der Waals surface area contributed by atoms with Gasteiger partial charge in [0, 0.05) is 6.08 Å². The van der Waals surface area contributed by atoms with Crippen LogP contribution in [0.4, 0.5) is 0 Å². The molecule has 2 rings (SSSR count). The smallest absolute Gasteiger partial charge is 0.328 e. The zero-order valence-electron chi connectivity index (χ0n) is 22.3. The van der Waals surface area contributed by atoms with Gasteiger partial charge in [-0.1, -0.05) is 64.1 Å². The summed E-state index contributed by atoms with van der Waals surface area (Å²) in [7, 11) is 0. The maximum atomic E-state index is 12.1. The van der Waals surface area contributed by atoms with Crippen molar-refractivity contribution in [3.05, 3.63) is 83.6 Å². The molecule has 0 saturated carbocycles. The van der Waals surface area contributed by atoms with E-state index in [1.54, 1.807) is 60.7 Å². The average molecular weight is 580 g/mol. The van der Waals surface area contributed by atoms with Crippen LogP contribution in [0.15, 0.2) is 72.5 Å². The Morgan fingerprint density at radius 3 is 1.41 bits per heavy atom. The van der Waals surface area contributed by atoms with Crippen LogP contribution >= 0.6 is 24.8 Å². The van der Waals surface area contributed by atoms with Crippen molar-refractivity contribution < 1.29 is 29.0 Å². The molecule has 0 spiro atoms. The highest BCUT2D eigenvalue weighted by atomic mass is 35.5. The summed E-state index contributed by atoms with van der Waals surface area (Å²) in [6.07, 6.45) is 6.96. The number of nitrogens with two attached hydrogens (primary N) is 2. The summed E-state index contributed by atoms with van der Waals surface area (Å²) in [6.45, 7) is 7.34. The molecule has 2 aromatic rings. The maximum absolute atomic E-state index is 12.1. The van der Waals surface area contributed by atoms with E-state index in [2.05, 4.69) is 0 Å². The second-order valence-electron chi connectivity index (χ2n) is 9.16. The van der Waals surface area contributed by atoms with Crippen LogP contribution in [-0.2, 0) is 14.4 Å². The van der Waals surface area contributed by atoms with Gasteiger partial charge in [0.1, 0.15) is 29.3 Å². The van der Waals surface area contributed by atoms with Gasteiger partial charge in [-0.2, -0.15) is 0 Å². The topological polar surface area (TPSA) is 142 Å². The minimum Gasteiger partial charge on any atom is -0.508 e. The Bertz CT molecular complexity index is 1170. The third-order valence-corrected chi connectivity index (χ3v) is 5.35. The molecular weight excluding hydrogens is 543 g/mol. The summed E-state index contributed by atoms with van der Waals surface area (Å²) in [5, 5.41) is 10.0. The molecule has 0 radical (unpaired) electrons. The van der Waals surface area contributed by atoms with E-state index in [4.69, 9.17) is 20.9 Å². The van der Waals surface area contributed by atoms with Crippen LogP contribution in [0.5, 0.6) is 11.5 Å². The van der Waals surface area contributed by atoms with Gasteiger partial charge in [-0.15, -0.1) is 24.8 Å². The molecule has 10 heteroatoms. The molecule has 0 fully saturated rings. The fraction of sp³-hybridized carbons (Fsp3) is 0.276. The van der Waals surface area contributed by atoms with Crippen molar-refractivity contribution in [2.75, 3.05) is 0 Å². The number of carbonyl (C=O) groups is 3. The second kappa shape index (κ2) is 17.2. The van der Waals surface area contributed by atoms with E-state index in [0.717, 1.165) is 11.6 Å². The van der Waals surface area contributed by atoms with Gasteiger partial charge in [-0.05, 0) is 59.4 Å². The van der Waals surface area contributed by atoms with Gasteiger partial charge in [-0.25, -0.2) is 9.59 Å². The lowest BCUT2D eigenvalue weighted by Crippen LogP contribution is -2.38. The zero-order valence-corrected chi connectivity index (χ0v) is 23.9. The van der Waals surface area contributed by atoms with Crippen LogP contribution in [0.2, 0.25) is 0 Å². The summed E-state index contributed by atoms with van der Waals surface area (Å²) < 4.78 is 10.5. The van der Waals surface area contributed by atoms with Gasteiger partial charge in [0.15, 0.2) is 5.78 Å². The number of aliphatic hydroxyl groups excluding tert-OH is 1. The number of aliphatic hydroxyl groups is 1. The molecule has 212 valence electrons. The third kappa shape index (κ3) is 12.3. The Kier molecular flexibility index (Phi) is 15.7. The number of ketones is 1. The van der Waals surface area contributed by atoms with Gasteiger partial charge in [-0.3, -0.25) is 4.79 Å². The minimum atomic E-state index is -0.705. The number of ether oxygens (including phenoxy) is 2. The minimum absolute atomic E-state index is 0. The van der Waals surface area contributed by atoms with E-state index in [0.29, 0.717) is 17.1 Å². The van der Waals surface area contributed by atoms with Crippen LogP contribution in [0.25, 0.3) is 12.2 Å². The zero-order chi connectivity index (χ0) is 27.5. The summed E-state index contributed by atoms with van der Waals surface area (Å²) in [5.74, 6) is -0.994. The fourth-order valence-corrected chi connectivity index (χ4v) is 2.81. The van der Waals surface area contributed by atoms with Gasteiger partial charge >= 0.3 is 11.9 Å². The molecular formula is C29H36Cl2N2O6. The molecule has 2 aromatic carbocycles. The number of carbonyl (C=O) groups excluding carboxylic acids is 3. The standard InChI is InChI=1S/C29H34N2O6.2ClH/c1-18(2)26(30)28(34)36-24-13-7-20(8-14-24)5-11-22(32)17-23(33)12-6-21-9-15-25(16-10-21)37-29(35)27(31)19(3)4;;/h5-19,26-27,32H,30-31H2,1-4H3;2*1H/b11-5+,12-6+,22-17-;;. The molecule has 0 aliphatic rings. The molecule has 0 aliphatic heterocycles. The predicted molar refractivity (Wildman–Crippen MR) is 158 cm³/mol. The first-order valence-corrected chi connectivity index (χ1v) is 11.9. The first-order chi connectivity index (χ1) is 17.5. The Hall–Kier alpha value is -3.43. The molecule has 0 aliphatic carbocycles. The highest BCUT2D eigenvalue weighted by Crippen LogP contribution is 2.16. The summed E-state index contributed by atoms with van der Waals surface area (Å²) in [4.78, 5) is 36.0. The number of rotatable bonds is 11. The van der Waals surface area contributed by atoms with Crippen molar-refractivity contribution in [2.45, 2.75) is 39.8 Å². The first-order valence-electron chi connectivity index (χ1n) is 11.9. The van der Waals surface area contributed by atoms with Gasteiger partial charge < -0.3 is 26.0 Å². The highest BCUT2D eigenvalue weighted by molar-refractivity contribution is 6.02. The van der Waals surface area contributed by atoms with Gasteiger partial charge in [0.25, 0.3) is 0 Å². The maximum Gasteiger partial charge on any atom is 0.328 e. The summed E-state index contributed by atoms with van der Waals surface area (Å²) in [5.41, 5.74) is 13.0. The Balaban J connectivity index is 0.00000722. The first kappa shape index (κ1) is 35.6. The van der Waals surface area contributed by atoms with E-state index in [1.165, 1.54) is 12.2 Å². The lowest BCUT2D eigenvalue weighted by Gasteiger charge is -2.14. The number of benzene rings is 2. The SMILES string of the molecule is CC(C)C(N)C(=O)Oc1ccc(/C=C/C(=O)/C=C(O)/C=C/c2ccc(OC(=O)C(N)C(C)C)cc2)cc1.Cl.Cl. The molecule has 0 aromatic heterocycles. The molecule has 0 amide bonds. The van der Waals surface area contributed by atoms with Crippen molar-refractivity contribution in [3.63, 3.8) is 0 Å². The fourth-order valence-electron chi connectivity index (χ4n) is 2.81. The quantitative estimate of drug-likeness (QED) is 0.110. The Labute approximate surface area is 241 Å². The molecule has 0 bridgehead atoms. The average Bonchev–Trinajstić information content (AvgIpc) is 2.86. The molecule has 39 heavy (non-hydrogen) atoms. The van der Waals surface area contributed by atoms with E-state index in [9.17, 15) is 19.5 Å². The molecule has 2 atom stereocenters. The highest BCUT2D eigenvalue weighted by Gasteiger charge is 2.20. The predicted octanol–water partition coefficient (Wildman–Crippen LogP) is 5.05. The van der Waals surface area contributed by atoms with Crippen LogP contribution in [0.3, 0.4) is 0 Å². The van der Waals surface area contributed by atoms with E-state index >= 15 is 0 Å². The molecule has 8 nitrogen and oxygen atoms in total. The number of allylic oxidation sites excluding steroid dienone is 3. The van der Waals surface area contributed by atoms with Crippen LogP contribution in [-0.4, -0.2) is 34.9 Å². The van der Waals surface area contributed by atoms with E-state index < -0.39 is 29.8 Å². The van der Waals surface area contributed by atoms with E-state index in [-0.39, 0.29) is 42.4 Å². The number of halogens is 2. The Morgan fingerprint density at radius 2 is 1.05 bits per heavy atom. The Morgan fingerprint density at radius 1 is 0.692 bits per heavy atom. The lowest BCUT2D eigenvalue weighted by molar-refractivity contribution is -0.137. The van der Waals surface area contributed by atoms with Gasteiger partial charge in [0.2, 0.25) is 0 Å². The molecule has 0 saturated heterocycles.